The molecule has 1 aliphatic carbocycles. The number of allylic oxidation sites excluding steroid dienone is 1. The Bertz CT molecular complexity index is 953. The largest absolute Gasteiger partial charge is 0.497 e. The molecule has 0 spiro atoms. The van der Waals surface area contributed by atoms with E-state index in [-0.39, 0.29) is 5.78 Å². The Kier molecular flexibility index (Phi) is 3.58. The van der Waals surface area contributed by atoms with Crippen LogP contribution in [-0.4, -0.2) is 17.9 Å². The average Bonchev–Trinajstić information content (AvgIpc) is 3.01. The molecule has 0 aliphatic heterocycles. The van der Waals surface area contributed by atoms with Gasteiger partial charge in [-0.3, -0.25) is 4.79 Å². The lowest BCUT2D eigenvalue weighted by Gasteiger charge is -2.14. The number of anilines is 1. The van der Waals surface area contributed by atoms with E-state index >= 15 is 0 Å². The summed E-state index contributed by atoms with van der Waals surface area (Å²) in [5, 5.41) is 4.36. The SMILES string of the molecule is COc1cccc(NC=C2CCc3c([nH]c4ccccc34)C2=O)c1. The van der Waals surface area contributed by atoms with Crippen LogP contribution in [0.2, 0.25) is 0 Å². The number of carbonyl (C=O) groups excluding carboxylic acids is 1. The molecule has 4 nitrogen and oxygen atoms in total. The molecular weight excluding hydrogens is 300 g/mol. The fraction of sp³-hybridized carbons (Fsp3) is 0.150. The predicted octanol–water partition coefficient (Wildman–Crippen LogP) is 4.30. The van der Waals surface area contributed by atoms with E-state index in [9.17, 15) is 4.79 Å². The summed E-state index contributed by atoms with van der Waals surface area (Å²) in [6.45, 7) is 0. The van der Waals surface area contributed by atoms with Gasteiger partial charge < -0.3 is 15.0 Å². The quantitative estimate of drug-likeness (QED) is 0.708. The Balaban J connectivity index is 1.62. The molecule has 0 unspecified atom stereocenters. The topological polar surface area (TPSA) is 54.1 Å². The summed E-state index contributed by atoms with van der Waals surface area (Å²) in [5.41, 5.74) is 4.57. The maximum absolute atomic E-state index is 12.8. The van der Waals surface area contributed by atoms with Crippen molar-refractivity contribution in [3.63, 3.8) is 0 Å². The number of carbonyl (C=O) groups is 1. The molecule has 1 heterocycles. The minimum Gasteiger partial charge on any atom is -0.497 e. The van der Waals surface area contributed by atoms with E-state index in [4.69, 9.17) is 4.74 Å². The number of fused-ring (bicyclic) bond motifs is 3. The number of aryl methyl sites for hydroxylation is 1. The van der Waals surface area contributed by atoms with Gasteiger partial charge >= 0.3 is 0 Å². The summed E-state index contributed by atoms with van der Waals surface area (Å²) < 4.78 is 5.22. The van der Waals surface area contributed by atoms with Crippen LogP contribution in [0.4, 0.5) is 5.69 Å². The zero-order valence-electron chi connectivity index (χ0n) is 13.4. The van der Waals surface area contributed by atoms with Gasteiger partial charge in [-0.2, -0.15) is 0 Å². The van der Waals surface area contributed by atoms with Crippen molar-refractivity contribution >= 4 is 22.4 Å². The van der Waals surface area contributed by atoms with Gasteiger partial charge in [0.25, 0.3) is 0 Å². The number of benzene rings is 2. The second-order valence-electron chi connectivity index (χ2n) is 5.90. The molecule has 0 fully saturated rings. The average molecular weight is 318 g/mol. The van der Waals surface area contributed by atoms with Crippen molar-refractivity contribution in [2.45, 2.75) is 12.8 Å². The summed E-state index contributed by atoms with van der Waals surface area (Å²) in [6.07, 6.45) is 3.42. The first-order valence-electron chi connectivity index (χ1n) is 8.00. The molecular formula is C20H18N2O2. The number of Topliss-reactive ketones (excluding diaryl/α,β-unsaturated/α-hetero) is 1. The summed E-state index contributed by atoms with van der Waals surface area (Å²) >= 11 is 0. The van der Waals surface area contributed by atoms with Crippen LogP contribution in [0.1, 0.15) is 22.5 Å². The van der Waals surface area contributed by atoms with Crippen LogP contribution in [0.15, 0.2) is 60.3 Å². The van der Waals surface area contributed by atoms with Crippen molar-refractivity contribution < 1.29 is 9.53 Å². The number of methoxy groups -OCH3 is 1. The summed E-state index contributed by atoms with van der Waals surface area (Å²) in [7, 11) is 1.64. The van der Waals surface area contributed by atoms with Crippen molar-refractivity contribution in [1.29, 1.82) is 0 Å². The van der Waals surface area contributed by atoms with E-state index in [1.807, 2.05) is 48.7 Å². The highest BCUT2D eigenvalue weighted by molar-refractivity contribution is 6.13. The second-order valence-corrected chi connectivity index (χ2v) is 5.90. The number of ether oxygens (including phenoxy) is 1. The standard InChI is InChI=1S/C20H18N2O2/c1-24-15-6-4-5-14(11-15)21-12-13-9-10-17-16-7-2-3-8-18(16)22-19(17)20(13)23/h2-8,11-12,21-22H,9-10H2,1H3. The number of hydrogen-bond acceptors (Lipinski definition) is 3. The van der Waals surface area contributed by atoms with Crippen molar-refractivity contribution in [3.8, 4) is 5.75 Å². The van der Waals surface area contributed by atoms with Gasteiger partial charge in [-0.1, -0.05) is 24.3 Å². The Hall–Kier alpha value is -3.01. The zero-order chi connectivity index (χ0) is 16.5. The predicted molar refractivity (Wildman–Crippen MR) is 95.6 cm³/mol. The van der Waals surface area contributed by atoms with Crippen LogP contribution >= 0.6 is 0 Å². The Morgan fingerprint density at radius 1 is 1.12 bits per heavy atom. The third-order valence-electron chi connectivity index (χ3n) is 4.46. The molecule has 1 aromatic heterocycles. The molecule has 0 saturated heterocycles. The van der Waals surface area contributed by atoms with E-state index in [0.29, 0.717) is 0 Å². The fourth-order valence-electron chi connectivity index (χ4n) is 3.21. The number of H-pyrrole nitrogens is 1. The molecule has 2 aromatic carbocycles. The van der Waals surface area contributed by atoms with Gasteiger partial charge in [0.2, 0.25) is 5.78 Å². The van der Waals surface area contributed by atoms with Crippen LogP contribution in [0, 0.1) is 0 Å². The van der Waals surface area contributed by atoms with E-state index in [0.717, 1.165) is 52.0 Å². The number of ketones is 1. The van der Waals surface area contributed by atoms with Crippen LogP contribution < -0.4 is 10.1 Å². The first kappa shape index (κ1) is 14.6. The molecule has 24 heavy (non-hydrogen) atoms. The van der Waals surface area contributed by atoms with Crippen molar-refractivity contribution in [1.82, 2.24) is 4.98 Å². The minimum atomic E-state index is 0.0721. The highest BCUT2D eigenvalue weighted by atomic mass is 16.5. The van der Waals surface area contributed by atoms with Crippen LogP contribution in [0.25, 0.3) is 10.9 Å². The summed E-state index contributed by atoms with van der Waals surface area (Å²) in [6, 6.07) is 15.7. The lowest BCUT2D eigenvalue weighted by atomic mass is 9.91. The van der Waals surface area contributed by atoms with E-state index in [2.05, 4.69) is 16.4 Å². The first-order chi connectivity index (χ1) is 11.8. The number of aromatic nitrogens is 1. The Morgan fingerprint density at radius 2 is 2.00 bits per heavy atom. The molecule has 0 bridgehead atoms. The number of aromatic amines is 1. The normalized spacial score (nSPS) is 15.5. The molecule has 1 aliphatic rings. The second kappa shape index (κ2) is 5.89. The highest BCUT2D eigenvalue weighted by Gasteiger charge is 2.25. The van der Waals surface area contributed by atoms with Crippen LogP contribution in [0.5, 0.6) is 5.75 Å². The smallest absolute Gasteiger partial charge is 0.206 e. The highest BCUT2D eigenvalue weighted by Crippen LogP contribution is 2.31. The Labute approximate surface area is 140 Å². The van der Waals surface area contributed by atoms with E-state index in [1.54, 1.807) is 7.11 Å². The van der Waals surface area contributed by atoms with Gasteiger partial charge in [-0.15, -0.1) is 0 Å². The lowest BCUT2D eigenvalue weighted by Crippen LogP contribution is -2.14. The summed E-state index contributed by atoms with van der Waals surface area (Å²) in [5.74, 6) is 0.856. The van der Waals surface area contributed by atoms with Gasteiger partial charge in [0.1, 0.15) is 5.75 Å². The molecule has 2 N–H and O–H groups in total. The van der Waals surface area contributed by atoms with Crippen LogP contribution in [0.3, 0.4) is 0 Å². The zero-order valence-corrected chi connectivity index (χ0v) is 13.4. The molecule has 0 radical (unpaired) electrons. The third kappa shape index (κ3) is 2.46. The van der Waals surface area contributed by atoms with Crippen molar-refractivity contribution in [2.24, 2.45) is 0 Å². The minimum absolute atomic E-state index is 0.0721. The monoisotopic (exact) mass is 318 g/mol. The van der Waals surface area contributed by atoms with Gasteiger partial charge in [-0.25, -0.2) is 0 Å². The molecule has 4 rings (SSSR count). The van der Waals surface area contributed by atoms with Gasteiger partial charge in [-0.05, 0) is 36.6 Å². The van der Waals surface area contributed by atoms with Gasteiger partial charge in [0.05, 0.1) is 12.8 Å². The van der Waals surface area contributed by atoms with E-state index < -0.39 is 0 Å². The number of rotatable bonds is 3. The summed E-state index contributed by atoms with van der Waals surface area (Å²) in [4.78, 5) is 16.0. The number of para-hydroxylation sites is 1. The molecule has 0 atom stereocenters. The van der Waals surface area contributed by atoms with E-state index in [1.165, 1.54) is 0 Å². The molecule has 4 heteroatoms. The molecule has 120 valence electrons. The van der Waals surface area contributed by atoms with Gasteiger partial charge in [0.15, 0.2) is 0 Å². The molecule has 0 saturated carbocycles. The number of hydrogen-bond donors (Lipinski definition) is 2. The van der Waals surface area contributed by atoms with Gasteiger partial charge in [0, 0.05) is 34.4 Å². The lowest BCUT2D eigenvalue weighted by molar-refractivity contribution is 0.102. The first-order valence-corrected chi connectivity index (χ1v) is 8.00. The maximum Gasteiger partial charge on any atom is 0.206 e. The number of nitrogens with one attached hydrogen (secondary N) is 2. The van der Waals surface area contributed by atoms with Crippen molar-refractivity contribution in [3.05, 3.63) is 71.6 Å². The molecule has 0 amide bonds. The third-order valence-corrected chi connectivity index (χ3v) is 4.46. The van der Waals surface area contributed by atoms with Crippen LogP contribution in [-0.2, 0) is 6.42 Å². The Morgan fingerprint density at radius 3 is 2.88 bits per heavy atom. The molecule has 3 aromatic rings. The fourth-order valence-corrected chi connectivity index (χ4v) is 3.21. The maximum atomic E-state index is 12.8. The van der Waals surface area contributed by atoms with Crippen molar-refractivity contribution in [2.75, 3.05) is 12.4 Å².